The van der Waals surface area contributed by atoms with Crippen LogP contribution in [-0.2, 0) is 6.54 Å². The molecule has 3 heterocycles. The smallest absolute Gasteiger partial charge is 0.148 e. The van der Waals surface area contributed by atoms with Crippen molar-refractivity contribution >= 4 is 60.9 Å². The molecule has 9 rings (SSSR count). The van der Waals surface area contributed by atoms with Gasteiger partial charge in [0.05, 0.1) is 6.54 Å². The number of nitrogens with zero attached hydrogens (tertiary/aromatic N) is 2. The Morgan fingerprint density at radius 1 is 0.651 bits per heavy atom. The lowest BCUT2D eigenvalue weighted by Crippen LogP contribution is -2.41. The van der Waals surface area contributed by atoms with Crippen LogP contribution in [0, 0.1) is 0 Å². The van der Waals surface area contributed by atoms with Gasteiger partial charge in [-0.1, -0.05) is 103 Å². The Balaban J connectivity index is 1.23. The molecule has 2 aliphatic rings. The molecule has 0 amide bonds. The first-order valence-electron chi connectivity index (χ1n) is 14.6. The second-order valence-corrected chi connectivity index (χ2v) is 11.1. The summed E-state index contributed by atoms with van der Waals surface area (Å²) in [6, 6.07) is 42.7. The van der Waals surface area contributed by atoms with Crippen LogP contribution >= 0.6 is 0 Å². The van der Waals surface area contributed by atoms with Crippen LogP contribution in [0.15, 0.2) is 142 Å². The zero-order valence-electron chi connectivity index (χ0n) is 23.2. The van der Waals surface area contributed by atoms with Crippen molar-refractivity contribution in [3.63, 3.8) is 0 Å². The molecule has 0 bridgehead atoms. The van der Waals surface area contributed by atoms with E-state index in [0.29, 0.717) is 6.54 Å². The number of fused-ring (bicyclic) bond motifs is 7. The van der Waals surface area contributed by atoms with Gasteiger partial charge in [0.15, 0.2) is 0 Å². The van der Waals surface area contributed by atoms with Gasteiger partial charge in [-0.25, -0.2) is 4.99 Å². The highest BCUT2D eigenvalue weighted by molar-refractivity contribution is 6.18. The van der Waals surface area contributed by atoms with Gasteiger partial charge in [0, 0.05) is 28.3 Å². The van der Waals surface area contributed by atoms with Gasteiger partial charge >= 0.3 is 0 Å². The van der Waals surface area contributed by atoms with E-state index >= 15 is 0 Å². The first-order chi connectivity index (χ1) is 21.3. The molecule has 0 saturated heterocycles. The number of aliphatic imine (C=N–C) groups is 2. The van der Waals surface area contributed by atoms with Gasteiger partial charge in [-0.05, 0) is 56.1 Å². The SMILES string of the molecule is C1=NCc2oc3ccccc3c2C1=C1NC(c2ccc3c(ccc4ccccc43)c2)=NC(c2ccc3ccccc3c2)N1. The monoisotopic (exact) mass is 554 g/mol. The van der Waals surface area contributed by atoms with E-state index in [1.54, 1.807) is 0 Å². The highest BCUT2D eigenvalue weighted by Crippen LogP contribution is 2.36. The van der Waals surface area contributed by atoms with Crippen LogP contribution in [-0.4, -0.2) is 12.1 Å². The van der Waals surface area contributed by atoms with E-state index < -0.39 is 0 Å². The minimum Gasteiger partial charge on any atom is -0.458 e. The number of para-hydroxylation sites is 1. The quantitative estimate of drug-likeness (QED) is 0.211. The predicted octanol–water partition coefficient (Wildman–Crippen LogP) is 8.48. The summed E-state index contributed by atoms with van der Waals surface area (Å²) in [6.07, 6.45) is 1.65. The fourth-order valence-corrected chi connectivity index (χ4v) is 6.45. The van der Waals surface area contributed by atoms with E-state index in [0.717, 1.165) is 50.6 Å². The van der Waals surface area contributed by atoms with Crippen molar-refractivity contribution in [2.75, 3.05) is 0 Å². The Labute approximate surface area is 247 Å². The molecule has 7 aromatic rings. The van der Waals surface area contributed by atoms with Crippen LogP contribution < -0.4 is 10.6 Å². The van der Waals surface area contributed by atoms with Crippen LogP contribution in [0.5, 0.6) is 0 Å². The molecule has 5 heteroatoms. The zero-order valence-corrected chi connectivity index (χ0v) is 23.2. The molecule has 1 atom stereocenters. The van der Waals surface area contributed by atoms with E-state index in [2.05, 4.69) is 125 Å². The Hall–Kier alpha value is -5.68. The molecule has 5 nitrogen and oxygen atoms in total. The number of hydrogen-bond donors (Lipinski definition) is 2. The third-order valence-electron chi connectivity index (χ3n) is 8.55. The molecule has 43 heavy (non-hydrogen) atoms. The molecule has 1 aromatic heterocycles. The molecule has 0 radical (unpaired) electrons. The van der Waals surface area contributed by atoms with Crippen LogP contribution in [0.2, 0.25) is 0 Å². The molecule has 0 aliphatic carbocycles. The molecular weight excluding hydrogens is 528 g/mol. The Bertz CT molecular complexity index is 2340. The van der Waals surface area contributed by atoms with Gasteiger partial charge in [0.2, 0.25) is 0 Å². The predicted molar refractivity (Wildman–Crippen MR) is 176 cm³/mol. The summed E-state index contributed by atoms with van der Waals surface area (Å²) in [5.74, 6) is 2.54. The van der Waals surface area contributed by atoms with Crippen molar-refractivity contribution in [3.8, 4) is 0 Å². The largest absolute Gasteiger partial charge is 0.458 e. The average molecular weight is 555 g/mol. The molecule has 204 valence electrons. The summed E-state index contributed by atoms with van der Waals surface area (Å²) < 4.78 is 6.23. The third-order valence-corrected chi connectivity index (χ3v) is 8.55. The van der Waals surface area contributed by atoms with Crippen LogP contribution in [0.4, 0.5) is 0 Å². The molecule has 2 aliphatic heterocycles. The van der Waals surface area contributed by atoms with Crippen LogP contribution in [0.3, 0.4) is 0 Å². The zero-order chi connectivity index (χ0) is 28.3. The number of amidine groups is 1. The minimum atomic E-state index is -0.299. The van der Waals surface area contributed by atoms with Crippen molar-refractivity contribution in [1.29, 1.82) is 0 Å². The topological polar surface area (TPSA) is 61.9 Å². The number of hydrogen-bond acceptors (Lipinski definition) is 5. The van der Waals surface area contributed by atoms with Crippen molar-refractivity contribution in [1.82, 2.24) is 10.6 Å². The van der Waals surface area contributed by atoms with Gasteiger partial charge in [-0.2, -0.15) is 0 Å². The highest BCUT2D eigenvalue weighted by Gasteiger charge is 2.27. The third kappa shape index (κ3) is 3.93. The lowest BCUT2D eigenvalue weighted by atomic mass is 9.98. The van der Waals surface area contributed by atoms with E-state index in [4.69, 9.17) is 9.41 Å². The average Bonchev–Trinajstić information content (AvgIpc) is 3.46. The Morgan fingerprint density at radius 2 is 1.40 bits per heavy atom. The Kier molecular flexibility index (Phi) is 5.26. The second-order valence-electron chi connectivity index (χ2n) is 11.1. The van der Waals surface area contributed by atoms with E-state index in [1.165, 1.54) is 32.3 Å². The maximum atomic E-state index is 6.23. The molecule has 6 aromatic carbocycles. The van der Waals surface area contributed by atoms with Gasteiger partial charge in [0.25, 0.3) is 0 Å². The van der Waals surface area contributed by atoms with Crippen LogP contribution in [0.25, 0.3) is 48.9 Å². The molecular formula is C38H26N4O. The summed E-state index contributed by atoms with van der Waals surface area (Å²) in [7, 11) is 0. The second kappa shape index (κ2) is 9.43. The lowest BCUT2D eigenvalue weighted by Gasteiger charge is -2.29. The van der Waals surface area contributed by atoms with Crippen molar-refractivity contribution in [3.05, 3.63) is 150 Å². The fourth-order valence-electron chi connectivity index (χ4n) is 6.45. The summed E-state index contributed by atoms with van der Waals surface area (Å²) >= 11 is 0. The maximum absolute atomic E-state index is 6.23. The normalized spacial score (nSPS) is 18.0. The van der Waals surface area contributed by atoms with Crippen molar-refractivity contribution in [2.24, 2.45) is 9.98 Å². The summed E-state index contributed by atoms with van der Waals surface area (Å²) in [5, 5.41) is 15.7. The van der Waals surface area contributed by atoms with Gasteiger partial charge in [-0.15, -0.1) is 0 Å². The molecule has 1 unspecified atom stereocenters. The van der Waals surface area contributed by atoms with E-state index in [9.17, 15) is 0 Å². The number of rotatable bonds is 2. The molecule has 0 spiro atoms. The first-order valence-corrected chi connectivity index (χ1v) is 14.6. The van der Waals surface area contributed by atoms with E-state index in [1.807, 2.05) is 18.3 Å². The van der Waals surface area contributed by atoms with E-state index in [-0.39, 0.29) is 6.17 Å². The standard InChI is InChI=1S/C38H26N4O/c1-2-9-25-19-27(16-13-23(25)7-1)36-40-37(28-17-18-30-26(20-28)15-14-24-8-3-4-10-29(24)30)42-38(41-36)32-21-39-22-34-35(32)31-11-5-6-12-33(31)43-34/h1-21,36,41H,22H2,(H,40,42). The minimum absolute atomic E-state index is 0.299. The summed E-state index contributed by atoms with van der Waals surface area (Å²) in [5.41, 5.74) is 5.03. The molecule has 2 N–H and O–H groups in total. The van der Waals surface area contributed by atoms with Gasteiger partial charge in [-0.3, -0.25) is 4.99 Å². The highest BCUT2D eigenvalue weighted by atomic mass is 16.3. The Morgan fingerprint density at radius 3 is 2.33 bits per heavy atom. The summed E-state index contributed by atoms with van der Waals surface area (Å²) in [6.45, 7) is 0.522. The fraction of sp³-hybridized carbons (Fsp3) is 0.0526. The number of allylic oxidation sites excluding steroid dienone is 1. The number of furan rings is 1. The molecule has 0 saturated carbocycles. The van der Waals surface area contributed by atoms with Crippen molar-refractivity contribution in [2.45, 2.75) is 12.7 Å². The van der Waals surface area contributed by atoms with Gasteiger partial charge < -0.3 is 15.1 Å². The maximum Gasteiger partial charge on any atom is 0.148 e. The van der Waals surface area contributed by atoms with Crippen LogP contribution in [0.1, 0.15) is 28.6 Å². The first kappa shape index (κ1) is 24.0. The number of benzene rings is 6. The molecule has 0 fully saturated rings. The van der Waals surface area contributed by atoms with Gasteiger partial charge in [0.1, 0.15) is 29.2 Å². The lowest BCUT2D eigenvalue weighted by molar-refractivity contribution is 0.549. The van der Waals surface area contributed by atoms with Crippen molar-refractivity contribution < 1.29 is 4.42 Å². The number of nitrogens with one attached hydrogen (secondary N) is 2. The summed E-state index contributed by atoms with van der Waals surface area (Å²) in [4.78, 5) is 9.92.